The second-order valence-corrected chi connectivity index (χ2v) is 9.25. The smallest absolute Gasteiger partial charge is 0.0133 e. The third kappa shape index (κ3) is 2.43. The molecule has 0 N–H and O–H groups in total. The van der Waals surface area contributed by atoms with Gasteiger partial charge in [-0.25, -0.2) is 0 Å². The SMILES string of the molecule is CC(C)(C)C1[P]C(C(C)(C)C)[P]1. The first-order chi connectivity index (χ1) is 5.21. The molecular weight excluding hydrogens is 182 g/mol. The highest BCUT2D eigenvalue weighted by Crippen LogP contribution is 2.68. The third-order valence-corrected chi connectivity index (χ3v) is 7.94. The van der Waals surface area contributed by atoms with E-state index in [4.69, 9.17) is 0 Å². The summed E-state index contributed by atoms with van der Waals surface area (Å²) in [6.45, 7) is 14.1. The fourth-order valence-corrected chi connectivity index (χ4v) is 4.71. The van der Waals surface area contributed by atoms with Gasteiger partial charge in [0.05, 0.1) is 0 Å². The molecule has 0 aliphatic carbocycles. The van der Waals surface area contributed by atoms with E-state index in [0.29, 0.717) is 10.8 Å². The molecule has 1 heterocycles. The standard InChI is InChI=1S/C10H20P2/c1-9(2,3)7-11-8(12-7)10(4,5)6/h7-8H,1-6H3. The molecular formula is C10H20P2. The molecule has 2 radical (unpaired) electrons. The maximum atomic E-state index is 2.36. The molecule has 0 amide bonds. The maximum absolute atomic E-state index is 2.36. The van der Waals surface area contributed by atoms with Crippen LogP contribution in [0.25, 0.3) is 0 Å². The van der Waals surface area contributed by atoms with E-state index in [1.807, 2.05) is 0 Å². The maximum Gasteiger partial charge on any atom is 0.0133 e. The summed E-state index contributed by atoms with van der Waals surface area (Å²) in [5.74, 6) is 0. The van der Waals surface area contributed by atoms with Gasteiger partial charge in [0.15, 0.2) is 0 Å². The van der Waals surface area contributed by atoms with E-state index < -0.39 is 0 Å². The predicted octanol–water partition coefficient (Wildman–Crippen LogP) is 4.64. The van der Waals surface area contributed by atoms with E-state index in [1.54, 1.807) is 17.2 Å². The van der Waals surface area contributed by atoms with Crippen LogP contribution in [-0.2, 0) is 0 Å². The van der Waals surface area contributed by atoms with Crippen molar-refractivity contribution < 1.29 is 0 Å². The van der Waals surface area contributed by atoms with Crippen LogP contribution in [0.15, 0.2) is 0 Å². The average Bonchev–Trinajstić information content (AvgIpc) is 1.46. The van der Waals surface area contributed by atoms with Gasteiger partial charge in [-0.2, -0.15) is 0 Å². The van der Waals surface area contributed by atoms with Gasteiger partial charge < -0.3 is 0 Å². The van der Waals surface area contributed by atoms with Crippen LogP contribution in [0, 0.1) is 10.8 Å². The molecule has 2 heteroatoms. The predicted molar refractivity (Wildman–Crippen MR) is 60.3 cm³/mol. The second kappa shape index (κ2) is 3.21. The molecule has 0 bridgehead atoms. The summed E-state index contributed by atoms with van der Waals surface area (Å²) >= 11 is 0. The molecule has 0 nitrogen and oxygen atoms in total. The van der Waals surface area contributed by atoms with Crippen LogP contribution in [0.2, 0.25) is 0 Å². The number of hydrogen-bond donors (Lipinski definition) is 0. The van der Waals surface area contributed by atoms with Crippen LogP contribution in [0.3, 0.4) is 0 Å². The average molecular weight is 202 g/mol. The highest BCUT2D eigenvalue weighted by atomic mass is 31.2. The molecule has 0 atom stereocenters. The molecule has 1 rings (SSSR count). The molecule has 70 valence electrons. The monoisotopic (exact) mass is 202 g/mol. The van der Waals surface area contributed by atoms with Crippen LogP contribution in [0.4, 0.5) is 0 Å². The van der Waals surface area contributed by atoms with Crippen molar-refractivity contribution in [3.63, 3.8) is 0 Å². The van der Waals surface area contributed by atoms with Gasteiger partial charge in [-0.05, 0) is 10.8 Å². The summed E-state index contributed by atoms with van der Waals surface area (Å²) in [7, 11) is 3.37. The lowest BCUT2D eigenvalue weighted by atomic mass is 9.99. The minimum absolute atomic E-state index is 0.519. The Morgan fingerprint density at radius 3 is 1.08 bits per heavy atom. The third-order valence-electron chi connectivity index (χ3n) is 2.11. The highest BCUT2D eigenvalue weighted by molar-refractivity contribution is 7.75. The molecule has 12 heavy (non-hydrogen) atoms. The first-order valence-corrected chi connectivity index (χ1v) is 6.68. The van der Waals surface area contributed by atoms with Crippen LogP contribution in [0.5, 0.6) is 0 Å². The van der Waals surface area contributed by atoms with Crippen LogP contribution < -0.4 is 0 Å². The zero-order valence-electron chi connectivity index (χ0n) is 9.05. The zero-order valence-corrected chi connectivity index (χ0v) is 10.8. The summed E-state index contributed by atoms with van der Waals surface area (Å²) in [6, 6.07) is 0. The van der Waals surface area contributed by atoms with Crippen molar-refractivity contribution in [2.45, 2.75) is 52.3 Å². The van der Waals surface area contributed by atoms with Gasteiger partial charge in [-0.15, -0.1) is 0 Å². The summed E-state index contributed by atoms with van der Waals surface area (Å²) in [6.07, 6.45) is 0. The molecule has 0 aromatic carbocycles. The Bertz CT molecular complexity index is 138. The minimum atomic E-state index is 0.519. The van der Waals surface area contributed by atoms with Gasteiger partial charge in [-0.3, -0.25) is 0 Å². The van der Waals surface area contributed by atoms with E-state index in [-0.39, 0.29) is 0 Å². The summed E-state index contributed by atoms with van der Waals surface area (Å²) in [4.78, 5) is 0. The Labute approximate surface area is 80.8 Å². The van der Waals surface area contributed by atoms with Crippen LogP contribution in [0.1, 0.15) is 41.5 Å². The highest BCUT2D eigenvalue weighted by Gasteiger charge is 2.43. The fraction of sp³-hybridized carbons (Fsp3) is 1.00. The molecule has 0 unspecified atom stereocenters. The molecule has 0 aromatic rings. The molecule has 1 aliphatic heterocycles. The van der Waals surface area contributed by atoms with Crippen molar-refractivity contribution in [3.05, 3.63) is 0 Å². The molecule has 1 aliphatic rings. The molecule has 1 fully saturated rings. The first-order valence-electron chi connectivity index (χ1n) is 4.61. The Morgan fingerprint density at radius 1 is 0.667 bits per heavy atom. The molecule has 0 spiro atoms. The normalized spacial score (nSPS) is 35.5. The Kier molecular flexibility index (Phi) is 2.93. The van der Waals surface area contributed by atoms with Gasteiger partial charge in [0, 0.05) is 10.8 Å². The lowest BCUT2D eigenvalue weighted by Gasteiger charge is -2.47. The Morgan fingerprint density at radius 2 is 0.917 bits per heavy atom. The van der Waals surface area contributed by atoms with Gasteiger partial charge in [0.2, 0.25) is 0 Å². The second-order valence-electron chi connectivity index (χ2n) is 5.78. The van der Waals surface area contributed by atoms with Gasteiger partial charge in [0.25, 0.3) is 0 Å². The van der Waals surface area contributed by atoms with Crippen molar-refractivity contribution in [1.82, 2.24) is 0 Å². The topological polar surface area (TPSA) is 0 Å². The molecule has 0 aromatic heterocycles. The van der Waals surface area contributed by atoms with Gasteiger partial charge in [-0.1, -0.05) is 58.7 Å². The lowest BCUT2D eigenvalue weighted by molar-refractivity contribution is 0.414. The summed E-state index contributed by atoms with van der Waals surface area (Å²) in [5.41, 5.74) is 1.04. The van der Waals surface area contributed by atoms with Crippen LogP contribution >= 0.6 is 17.2 Å². The Hall–Kier alpha value is 0.860. The quantitative estimate of drug-likeness (QED) is 0.502. The van der Waals surface area contributed by atoms with Crippen molar-refractivity contribution in [3.8, 4) is 0 Å². The largest absolute Gasteiger partial charge is 0.0628 e. The number of rotatable bonds is 0. The van der Waals surface area contributed by atoms with Gasteiger partial charge in [0.1, 0.15) is 0 Å². The van der Waals surface area contributed by atoms with E-state index >= 15 is 0 Å². The summed E-state index contributed by atoms with van der Waals surface area (Å²) < 4.78 is 0. The van der Waals surface area contributed by atoms with E-state index in [1.165, 1.54) is 0 Å². The molecule has 1 saturated heterocycles. The van der Waals surface area contributed by atoms with Crippen LogP contribution in [-0.4, -0.2) is 10.8 Å². The zero-order chi connectivity index (χ0) is 9.57. The van der Waals surface area contributed by atoms with E-state index in [0.717, 1.165) is 10.8 Å². The lowest BCUT2D eigenvalue weighted by Crippen LogP contribution is -2.34. The number of hydrogen-bond acceptors (Lipinski definition) is 0. The van der Waals surface area contributed by atoms with Crippen molar-refractivity contribution >= 4 is 17.2 Å². The van der Waals surface area contributed by atoms with Crippen molar-refractivity contribution in [2.24, 2.45) is 10.8 Å². The Balaban J connectivity index is 2.39. The van der Waals surface area contributed by atoms with Crippen molar-refractivity contribution in [1.29, 1.82) is 0 Å². The fourth-order valence-electron chi connectivity index (χ4n) is 1.17. The molecule has 0 saturated carbocycles. The van der Waals surface area contributed by atoms with E-state index in [2.05, 4.69) is 41.5 Å². The van der Waals surface area contributed by atoms with Crippen molar-refractivity contribution in [2.75, 3.05) is 0 Å². The van der Waals surface area contributed by atoms with E-state index in [9.17, 15) is 0 Å². The first kappa shape index (κ1) is 10.9. The summed E-state index contributed by atoms with van der Waals surface area (Å²) in [5, 5.41) is 1.84. The minimum Gasteiger partial charge on any atom is -0.0628 e. The van der Waals surface area contributed by atoms with Gasteiger partial charge >= 0.3 is 0 Å².